The lowest BCUT2D eigenvalue weighted by Gasteiger charge is -2.28. The minimum Gasteiger partial charge on any atom is -0.490 e. The minimum absolute atomic E-state index is 0.0107. The second-order valence-electron chi connectivity index (χ2n) is 10.0. The maximum Gasteiger partial charge on any atom is 0.251 e. The Morgan fingerprint density at radius 3 is 1.95 bits per heavy atom. The monoisotopic (exact) mass is 535 g/mol. The largest absolute Gasteiger partial charge is 0.490 e. The molecule has 7 nitrogen and oxygen atoms in total. The first-order valence-electron chi connectivity index (χ1n) is 13.7. The molecule has 1 aliphatic rings. The number of fused-ring (bicyclic) bond motifs is 1. The first-order valence-corrected chi connectivity index (χ1v) is 13.7. The number of carbonyl (C=O) groups excluding carboxylic acids is 3. The third kappa shape index (κ3) is 7.05. The van der Waals surface area contributed by atoms with Crippen molar-refractivity contribution in [3.05, 3.63) is 108 Å². The SMILES string of the molecule is O=C(NCCNC(=O)c1ccc2ccccc2c1)c1ccc(OC2CCC(C(=O)Nc3ccccc3)CC2)cc1. The van der Waals surface area contributed by atoms with Crippen molar-refractivity contribution < 1.29 is 19.1 Å². The molecule has 204 valence electrons. The van der Waals surface area contributed by atoms with Crippen molar-refractivity contribution in [1.82, 2.24) is 10.6 Å². The van der Waals surface area contributed by atoms with E-state index in [0.717, 1.165) is 42.1 Å². The van der Waals surface area contributed by atoms with Crippen LogP contribution < -0.4 is 20.7 Å². The van der Waals surface area contributed by atoms with Crippen LogP contribution in [0.25, 0.3) is 10.8 Å². The van der Waals surface area contributed by atoms with Gasteiger partial charge in [-0.25, -0.2) is 0 Å². The summed E-state index contributed by atoms with van der Waals surface area (Å²) in [5.74, 6) is 0.372. The average molecular weight is 536 g/mol. The van der Waals surface area contributed by atoms with Crippen molar-refractivity contribution in [1.29, 1.82) is 0 Å². The van der Waals surface area contributed by atoms with Gasteiger partial charge in [-0.2, -0.15) is 0 Å². The van der Waals surface area contributed by atoms with E-state index in [1.807, 2.05) is 66.7 Å². The Kier molecular flexibility index (Phi) is 8.71. The molecule has 0 aliphatic heterocycles. The molecule has 5 rings (SSSR count). The molecule has 40 heavy (non-hydrogen) atoms. The van der Waals surface area contributed by atoms with E-state index in [-0.39, 0.29) is 29.7 Å². The van der Waals surface area contributed by atoms with Crippen LogP contribution in [0, 0.1) is 5.92 Å². The molecule has 4 aromatic carbocycles. The van der Waals surface area contributed by atoms with Gasteiger partial charge in [0.2, 0.25) is 5.91 Å². The van der Waals surface area contributed by atoms with Crippen LogP contribution in [0.3, 0.4) is 0 Å². The highest BCUT2D eigenvalue weighted by atomic mass is 16.5. The van der Waals surface area contributed by atoms with Crippen molar-refractivity contribution in [2.45, 2.75) is 31.8 Å². The highest BCUT2D eigenvalue weighted by molar-refractivity contribution is 5.98. The Labute approximate surface area is 233 Å². The number of anilines is 1. The molecule has 4 aromatic rings. The smallest absolute Gasteiger partial charge is 0.251 e. The second-order valence-corrected chi connectivity index (χ2v) is 10.0. The normalized spacial score (nSPS) is 16.6. The molecule has 0 heterocycles. The van der Waals surface area contributed by atoms with Gasteiger partial charge in [-0.15, -0.1) is 0 Å². The predicted octanol–water partition coefficient (Wildman–Crippen LogP) is 5.58. The summed E-state index contributed by atoms with van der Waals surface area (Å²) in [7, 11) is 0. The van der Waals surface area contributed by atoms with Gasteiger partial charge in [0.05, 0.1) is 6.10 Å². The molecule has 1 aliphatic carbocycles. The fourth-order valence-electron chi connectivity index (χ4n) is 4.97. The van der Waals surface area contributed by atoms with Crippen LogP contribution in [-0.4, -0.2) is 36.9 Å². The zero-order valence-corrected chi connectivity index (χ0v) is 22.3. The molecule has 1 fully saturated rings. The second kappa shape index (κ2) is 12.9. The summed E-state index contributed by atoms with van der Waals surface area (Å²) in [5, 5.41) is 10.8. The molecule has 0 saturated heterocycles. The Hall–Kier alpha value is -4.65. The highest BCUT2D eigenvalue weighted by Crippen LogP contribution is 2.29. The summed E-state index contributed by atoms with van der Waals surface area (Å²) >= 11 is 0. The van der Waals surface area contributed by atoms with Crippen LogP contribution in [0.5, 0.6) is 5.75 Å². The number of amides is 3. The standard InChI is InChI=1S/C33H33N3O4/c37-31(34-20-21-35-32(38)27-11-10-23-6-4-5-7-26(23)22-27)24-12-16-29(17-13-24)40-30-18-14-25(15-19-30)33(39)36-28-8-2-1-3-9-28/h1-13,16-17,22,25,30H,14-15,18-21H2,(H,34,37)(H,35,38)(H,36,39). The van der Waals surface area contributed by atoms with Crippen LogP contribution in [-0.2, 0) is 4.79 Å². The zero-order chi connectivity index (χ0) is 27.7. The molecule has 1 saturated carbocycles. The molecule has 0 atom stereocenters. The van der Waals surface area contributed by atoms with Gasteiger partial charge in [-0.3, -0.25) is 14.4 Å². The molecule has 0 spiro atoms. The lowest BCUT2D eigenvalue weighted by atomic mass is 9.86. The molecule has 0 unspecified atom stereocenters. The molecule has 3 N–H and O–H groups in total. The van der Waals surface area contributed by atoms with Gasteiger partial charge < -0.3 is 20.7 Å². The summed E-state index contributed by atoms with van der Waals surface area (Å²) in [6.45, 7) is 0.641. The summed E-state index contributed by atoms with van der Waals surface area (Å²) in [4.78, 5) is 37.6. The fraction of sp³-hybridized carbons (Fsp3) is 0.242. The maximum atomic E-state index is 12.6. The number of benzene rings is 4. The van der Waals surface area contributed by atoms with Gasteiger partial charge in [0.15, 0.2) is 0 Å². The molecular formula is C33H33N3O4. The number of rotatable bonds is 9. The molecule has 3 amide bonds. The summed E-state index contributed by atoms with van der Waals surface area (Å²) in [6.07, 6.45) is 3.22. The third-order valence-corrected chi connectivity index (χ3v) is 7.21. The first kappa shape index (κ1) is 26.9. The Balaban J connectivity index is 1.01. The number of para-hydroxylation sites is 1. The van der Waals surface area contributed by atoms with E-state index in [9.17, 15) is 14.4 Å². The van der Waals surface area contributed by atoms with E-state index < -0.39 is 0 Å². The Morgan fingerprint density at radius 2 is 1.25 bits per heavy atom. The van der Waals surface area contributed by atoms with Crippen LogP contribution >= 0.6 is 0 Å². The lowest BCUT2D eigenvalue weighted by Crippen LogP contribution is -2.34. The van der Waals surface area contributed by atoms with Crippen LogP contribution in [0.4, 0.5) is 5.69 Å². The van der Waals surface area contributed by atoms with Gasteiger partial charge >= 0.3 is 0 Å². The number of hydrogen-bond donors (Lipinski definition) is 3. The minimum atomic E-state index is -0.212. The van der Waals surface area contributed by atoms with Crippen molar-refractivity contribution >= 4 is 34.2 Å². The van der Waals surface area contributed by atoms with Gasteiger partial charge in [-0.1, -0.05) is 48.5 Å². The van der Waals surface area contributed by atoms with E-state index in [4.69, 9.17) is 4.74 Å². The van der Waals surface area contributed by atoms with Gasteiger partial charge in [-0.05, 0) is 85.0 Å². The number of carbonyl (C=O) groups is 3. The predicted molar refractivity (Wildman–Crippen MR) is 157 cm³/mol. The maximum absolute atomic E-state index is 12.6. The number of ether oxygens (including phenoxy) is 1. The molecule has 0 bridgehead atoms. The molecule has 0 aromatic heterocycles. The van der Waals surface area contributed by atoms with E-state index >= 15 is 0 Å². The lowest BCUT2D eigenvalue weighted by molar-refractivity contribution is -0.121. The average Bonchev–Trinajstić information content (AvgIpc) is 3.00. The van der Waals surface area contributed by atoms with Gasteiger partial charge in [0, 0.05) is 35.8 Å². The van der Waals surface area contributed by atoms with Crippen LogP contribution in [0.2, 0.25) is 0 Å². The fourth-order valence-corrected chi connectivity index (χ4v) is 4.97. The van der Waals surface area contributed by atoms with Gasteiger partial charge in [0.25, 0.3) is 11.8 Å². The van der Waals surface area contributed by atoms with E-state index in [0.29, 0.717) is 30.0 Å². The van der Waals surface area contributed by atoms with Gasteiger partial charge in [0.1, 0.15) is 5.75 Å². The zero-order valence-electron chi connectivity index (χ0n) is 22.3. The van der Waals surface area contributed by atoms with Crippen LogP contribution in [0.1, 0.15) is 46.4 Å². The Morgan fingerprint density at radius 1 is 0.650 bits per heavy atom. The number of hydrogen-bond acceptors (Lipinski definition) is 4. The van der Waals surface area contributed by atoms with Crippen LogP contribution in [0.15, 0.2) is 97.1 Å². The molecule has 7 heteroatoms. The third-order valence-electron chi connectivity index (χ3n) is 7.21. The molecular weight excluding hydrogens is 502 g/mol. The summed E-state index contributed by atoms with van der Waals surface area (Å²) in [6, 6.07) is 30.1. The van der Waals surface area contributed by atoms with Crippen molar-refractivity contribution in [2.75, 3.05) is 18.4 Å². The first-order chi connectivity index (χ1) is 19.5. The van der Waals surface area contributed by atoms with Crippen molar-refractivity contribution in [2.24, 2.45) is 5.92 Å². The van der Waals surface area contributed by atoms with E-state index in [2.05, 4.69) is 16.0 Å². The highest BCUT2D eigenvalue weighted by Gasteiger charge is 2.27. The van der Waals surface area contributed by atoms with E-state index in [1.54, 1.807) is 30.3 Å². The van der Waals surface area contributed by atoms with E-state index in [1.165, 1.54) is 0 Å². The van der Waals surface area contributed by atoms with Crippen molar-refractivity contribution in [3.8, 4) is 5.75 Å². The summed E-state index contributed by atoms with van der Waals surface area (Å²) in [5.41, 5.74) is 1.93. The Bertz CT molecular complexity index is 1460. The quantitative estimate of drug-likeness (QED) is 0.244. The topological polar surface area (TPSA) is 96.5 Å². The summed E-state index contributed by atoms with van der Waals surface area (Å²) < 4.78 is 6.12. The van der Waals surface area contributed by atoms with Crippen molar-refractivity contribution in [3.63, 3.8) is 0 Å². The molecule has 0 radical (unpaired) electrons. The number of nitrogens with one attached hydrogen (secondary N) is 3.